The van der Waals surface area contributed by atoms with Crippen LogP contribution in [0.5, 0.6) is 0 Å². The van der Waals surface area contributed by atoms with Gasteiger partial charge in [0.2, 0.25) is 11.8 Å². The number of primary amides is 1. The van der Waals surface area contributed by atoms with Crippen molar-refractivity contribution >= 4 is 29.5 Å². The lowest BCUT2D eigenvalue weighted by Crippen LogP contribution is -2.53. The Hall–Kier alpha value is -3.88. The number of unbranched alkanes of at least 4 members (excludes halogenated alkanes) is 4. The van der Waals surface area contributed by atoms with Crippen LogP contribution in [-0.2, 0) is 25.5 Å². The summed E-state index contributed by atoms with van der Waals surface area (Å²) in [6.07, 6.45) is 4.59. The second kappa shape index (κ2) is 17.4. The van der Waals surface area contributed by atoms with Gasteiger partial charge in [-0.3, -0.25) is 14.4 Å². The van der Waals surface area contributed by atoms with Gasteiger partial charge in [0.1, 0.15) is 17.7 Å². The van der Waals surface area contributed by atoms with Crippen LogP contribution in [0.3, 0.4) is 0 Å². The molecule has 0 aliphatic carbocycles. The maximum atomic E-state index is 14.4. The number of para-hydroxylation sites is 1. The fourth-order valence-corrected chi connectivity index (χ4v) is 5.06. The Kier molecular flexibility index (Phi) is 14.4. The Morgan fingerprint density at radius 2 is 1.52 bits per heavy atom. The number of hydrogen-bond acceptors (Lipinski definition) is 5. The standard InChI is InChI=1S/C35H52N4O5/c1-8-10-11-12-13-23-39(33(42)28(21-22-29(36)40)37-34(43)44-35(5,6)7)31(27-19-17-26(9-2)18-20-27)32(41)38-30-24(3)15-14-16-25(30)4/h14-20,28,31H,8-13,21-23H2,1-7H3,(H2,36,40)(H,37,43)(H,38,41). The van der Waals surface area contributed by atoms with Crippen LogP contribution in [0.15, 0.2) is 42.5 Å². The smallest absolute Gasteiger partial charge is 0.408 e. The summed E-state index contributed by atoms with van der Waals surface area (Å²) >= 11 is 0. The van der Waals surface area contributed by atoms with E-state index in [0.29, 0.717) is 17.7 Å². The van der Waals surface area contributed by atoms with E-state index in [4.69, 9.17) is 10.5 Å². The van der Waals surface area contributed by atoms with E-state index < -0.39 is 35.6 Å². The zero-order chi connectivity index (χ0) is 32.9. The molecule has 2 atom stereocenters. The van der Waals surface area contributed by atoms with Crippen molar-refractivity contribution in [2.24, 2.45) is 5.73 Å². The quantitative estimate of drug-likeness (QED) is 0.187. The third-order valence-electron chi connectivity index (χ3n) is 7.45. The van der Waals surface area contributed by atoms with Gasteiger partial charge in [-0.15, -0.1) is 0 Å². The van der Waals surface area contributed by atoms with Gasteiger partial charge in [-0.2, -0.15) is 0 Å². The number of rotatable bonds is 16. The number of nitrogens with two attached hydrogens (primary N) is 1. The predicted octanol–water partition coefficient (Wildman–Crippen LogP) is 6.50. The van der Waals surface area contributed by atoms with Crippen molar-refractivity contribution in [3.63, 3.8) is 0 Å². The second-order valence-corrected chi connectivity index (χ2v) is 12.4. The lowest BCUT2D eigenvalue weighted by atomic mass is 9.98. The van der Waals surface area contributed by atoms with Crippen molar-refractivity contribution in [3.8, 4) is 0 Å². The van der Waals surface area contributed by atoms with Crippen molar-refractivity contribution < 1.29 is 23.9 Å². The van der Waals surface area contributed by atoms with E-state index >= 15 is 0 Å². The molecule has 9 heteroatoms. The molecule has 9 nitrogen and oxygen atoms in total. The van der Waals surface area contributed by atoms with Crippen LogP contribution < -0.4 is 16.4 Å². The first-order valence-electron chi connectivity index (χ1n) is 15.8. The maximum Gasteiger partial charge on any atom is 0.408 e. The molecule has 2 rings (SSSR count). The van der Waals surface area contributed by atoms with Crippen LogP contribution in [0.25, 0.3) is 0 Å². The highest BCUT2D eigenvalue weighted by atomic mass is 16.6. The molecule has 0 aromatic heterocycles. The Morgan fingerprint density at radius 1 is 0.909 bits per heavy atom. The Balaban J connectivity index is 2.60. The minimum atomic E-state index is -1.13. The lowest BCUT2D eigenvalue weighted by Gasteiger charge is -2.35. The fourth-order valence-electron chi connectivity index (χ4n) is 5.06. The van der Waals surface area contributed by atoms with E-state index in [1.165, 1.54) is 0 Å². The summed E-state index contributed by atoms with van der Waals surface area (Å²) in [6, 6.07) is 11.3. The minimum absolute atomic E-state index is 0.0280. The summed E-state index contributed by atoms with van der Waals surface area (Å²) in [5, 5.41) is 5.75. The zero-order valence-electron chi connectivity index (χ0n) is 27.6. The monoisotopic (exact) mass is 608 g/mol. The normalized spacial score (nSPS) is 12.6. The number of carbonyl (C=O) groups is 4. The molecule has 0 radical (unpaired) electrons. The van der Waals surface area contributed by atoms with Gasteiger partial charge in [-0.25, -0.2) is 4.79 Å². The van der Waals surface area contributed by atoms with Gasteiger partial charge in [0.05, 0.1) is 0 Å². The number of ether oxygens (including phenoxy) is 1. The number of alkyl carbamates (subject to hydrolysis) is 1. The van der Waals surface area contributed by atoms with Gasteiger partial charge in [0, 0.05) is 18.7 Å². The van der Waals surface area contributed by atoms with Crippen molar-refractivity contribution in [2.45, 2.75) is 118 Å². The van der Waals surface area contributed by atoms with Crippen LogP contribution in [0.2, 0.25) is 0 Å². The highest BCUT2D eigenvalue weighted by Crippen LogP contribution is 2.28. The second-order valence-electron chi connectivity index (χ2n) is 12.4. The molecule has 0 saturated carbocycles. The fraction of sp³-hybridized carbons (Fsp3) is 0.543. The van der Waals surface area contributed by atoms with Gasteiger partial charge < -0.3 is 26.0 Å². The van der Waals surface area contributed by atoms with Gasteiger partial charge in [-0.1, -0.05) is 82.0 Å². The summed E-state index contributed by atoms with van der Waals surface area (Å²) in [6.45, 7) is 13.5. The Labute approximate surface area is 263 Å². The third-order valence-corrected chi connectivity index (χ3v) is 7.45. The molecule has 0 fully saturated rings. The van der Waals surface area contributed by atoms with Gasteiger partial charge in [0.15, 0.2) is 0 Å². The van der Waals surface area contributed by atoms with E-state index in [0.717, 1.165) is 48.8 Å². The number of hydrogen-bond donors (Lipinski definition) is 3. The summed E-state index contributed by atoms with van der Waals surface area (Å²) in [5.74, 6) is -1.44. The average Bonchev–Trinajstić information content (AvgIpc) is 2.95. The van der Waals surface area contributed by atoms with Crippen molar-refractivity contribution in [1.82, 2.24) is 10.2 Å². The van der Waals surface area contributed by atoms with Crippen molar-refractivity contribution in [1.29, 1.82) is 0 Å². The number of nitrogens with zero attached hydrogens (tertiary/aromatic N) is 1. The maximum absolute atomic E-state index is 14.4. The minimum Gasteiger partial charge on any atom is -0.444 e. The van der Waals surface area contributed by atoms with E-state index in [2.05, 4.69) is 24.5 Å². The first-order valence-corrected chi connectivity index (χ1v) is 15.8. The predicted molar refractivity (Wildman–Crippen MR) is 175 cm³/mol. The molecule has 242 valence electrons. The van der Waals surface area contributed by atoms with Crippen LogP contribution in [0.1, 0.15) is 108 Å². The van der Waals surface area contributed by atoms with Gasteiger partial charge in [0.25, 0.3) is 5.91 Å². The molecule has 4 N–H and O–H groups in total. The molecule has 44 heavy (non-hydrogen) atoms. The Morgan fingerprint density at radius 3 is 2.07 bits per heavy atom. The Bertz CT molecular complexity index is 1230. The summed E-state index contributed by atoms with van der Waals surface area (Å²) in [5.41, 5.74) is 8.91. The average molecular weight is 609 g/mol. The molecular formula is C35H52N4O5. The first kappa shape index (κ1) is 36.3. The SMILES string of the molecule is CCCCCCCN(C(=O)C(CCC(N)=O)NC(=O)OC(C)(C)C)C(C(=O)Nc1c(C)cccc1C)c1ccc(CC)cc1. The molecule has 2 aromatic carbocycles. The number of carbonyl (C=O) groups excluding carboxylic acids is 4. The van der Waals surface area contributed by atoms with Crippen molar-refractivity contribution in [2.75, 3.05) is 11.9 Å². The topological polar surface area (TPSA) is 131 Å². The number of aryl methyl sites for hydroxylation is 3. The van der Waals surface area contributed by atoms with Crippen molar-refractivity contribution in [3.05, 3.63) is 64.7 Å². The zero-order valence-corrected chi connectivity index (χ0v) is 27.6. The molecule has 0 aliphatic rings. The van der Waals surface area contributed by atoms with Gasteiger partial charge in [-0.05, 0) is 76.1 Å². The first-order chi connectivity index (χ1) is 20.8. The summed E-state index contributed by atoms with van der Waals surface area (Å²) < 4.78 is 5.44. The van der Waals surface area contributed by atoms with Crippen LogP contribution in [0.4, 0.5) is 10.5 Å². The highest BCUT2D eigenvalue weighted by molar-refractivity contribution is 6.00. The van der Waals surface area contributed by atoms with E-state index in [1.807, 2.05) is 56.3 Å². The molecule has 4 amide bonds. The summed E-state index contributed by atoms with van der Waals surface area (Å²) in [4.78, 5) is 54.8. The molecule has 0 spiro atoms. The molecule has 0 aliphatic heterocycles. The number of nitrogens with one attached hydrogen (secondary N) is 2. The van der Waals surface area contributed by atoms with Crippen LogP contribution >= 0.6 is 0 Å². The molecular weight excluding hydrogens is 556 g/mol. The number of amides is 4. The van der Waals surface area contributed by atoms with Gasteiger partial charge >= 0.3 is 6.09 Å². The van der Waals surface area contributed by atoms with Crippen LogP contribution in [-0.4, -0.2) is 46.9 Å². The lowest BCUT2D eigenvalue weighted by molar-refractivity contribution is -0.141. The number of anilines is 1. The summed E-state index contributed by atoms with van der Waals surface area (Å²) in [7, 11) is 0. The number of benzene rings is 2. The molecule has 0 heterocycles. The highest BCUT2D eigenvalue weighted by Gasteiger charge is 2.36. The third kappa shape index (κ3) is 11.7. The molecule has 0 bridgehead atoms. The molecule has 0 saturated heterocycles. The largest absolute Gasteiger partial charge is 0.444 e. The molecule has 2 aromatic rings. The molecule has 2 unspecified atom stereocenters. The van der Waals surface area contributed by atoms with E-state index in [9.17, 15) is 19.2 Å². The van der Waals surface area contributed by atoms with Crippen LogP contribution in [0, 0.1) is 13.8 Å². The van der Waals surface area contributed by atoms with E-state index in [1.54, 1.807) is 25.7 Å². The van der Waals surface area contributed by atoms with E-state index in [-0.39, 0.29) is 25.3 Å².